The van der Waals surface area contributed by atoms with Crippen molar-refractivity contribution >= 4 is 21.4 Å². The van der Waals surface area contributed by atoms with Gasteiger partial charge in [0.15, 0.2) is 14.9 Å². The van der Waals surface area contributed by atoms with E-state index in [4.69, 9.17) is 4.74 Å². The van der Waals surface area contributed by atoms with Crippen LogP contribution in [0.2, 0.25) is 0 Å². The topological polar surface area (TPSA) is 102 Å². The molecule has 1 saturated carbocycles. The third-order valence-corrected chi connectivity index (χ3v) is 7.63. The first-order valence-electron chi connectivity index (χ1n) is 10.8. The number of carbonyl (C=O) groups is 1. The van der Waals surface area contributed by atoms with Gasteiger partial charge < -0.3 is 14.7 Å². The largest absolute Gasteiger partial charge is 0.497 e. The molecule has 1 aromatic heterocycles. The molecule has 1 N–H and O–H groups in total. The molecule has 2 heterocycles. The van der Waals surface area contributed by atoms with Gasteiger partial charge in [-0.25, -0.2) is 13.1 Å². The third-order valence-electron chi connectivity index (χ3n) is 6.60. The minimum Gasteiger partial charge on any atom is -0.497 e. The van der Waals surface area contributed by atoms with E-state index >= 15 is 0 Å². The SMILES string of the molecule is COc1ccc(-n2nc(S(C)(=O)=O)c3c2C(=O)N(c2ccc(C4(CO)CC4)cc2)CC3)cc1. The number of aliphatic hydroxyl groups excluding tert-OH is 1. The zero-order valence-electron chi connectivity index (χ0n) is 18.5. The van der Waals surface area contributed by atoms with E-state index < -0.39 is 9.84 Å². The summed E-state index contributed by atoms with van der Waals surface area (Å²) in [5.41, 5.74) is 2.93. The summed E-state index contributed by atoms with van der Waals surface area (Å²) >= 11 is 0. The first-order valence-corrected chi connectivity index (χ1v) is 12.7. The molecule has 3 aromatic rings. The molecule has 2 aliphatic rings. The lowest BCUT2D eigenvalue weighted by atomic mass is 9.96. The average molecular weight is 468 g/mol. The Balaban J connectivity index is 1.56. The normalized spacial score (nSPS) is 17.1. The van der Waals surface area contributed by atoms with Crippen molar-refractivity contribution in [2.24, 2.45) is 0 Å². The summed E-state index contributed by atoms with van der Waals surface area (Å²) in [7, 11) is -2.06. The number of aliphatic hydroxyl groups is 1. The first kappa shape index (κ1) is 21.7. The molecule has 172 valence electrons. The smallest absolute Gasteiger partial charge is 0.277 e. The summed E-state index contributed by atoms with van der Waals surface area (Å²) < 4.78 is 31.5. The lowest BCUT2D eigenvalue weighted by Gasteiger charge is -2.28. The van der Waals surface area contributed by atoms with Crippen LogP contribution in [0.3, 0.4) is 0 Å². The van der Waals surface area contributed by atoms with Crippen LogP contribution < -0.4 is 9.64 Å². The molecule has 5 rings (SSSR count). The summed E-state index contributed by atoms with van der Waals surface area (Å²) in [4.78, 5) is 15.3. The van der Waals surface area contributed by atoms with Gasteiger partial charge in [-0.1, -0.05) is 12.1 Å². The molecule has 1 aliphatic carbocycles. The van der Waals surface area contributed by atoms with Crippen molar-refractivity contribution in [3.63, 3.8) is 0 Å². The molecule has 8 nitrogen and oxygen atoms in total. The Labute approximate surface area is 192 Å². The molecule has 1 amide bonds. The summed E-state index contributed by atoms with van der Waals surface area (Å²) in [6, 6.07) is 14.7. The van der Waals surface area contributed by atoms with Gasteiger partial charge in [0.2, 0.25) is 0 Å². The van der Waals surface area contributed by atoms with Gasteiger partial charge in [0.05, 0.1) is 19.4 Å². The number of ether oxygens (including phenoxy) is 1. The Hall–Kier alpha value is -3.17. The van der Waals surface area contributed by atoms with Crippen LogP contribution in [0.15, 0.2) is 53.6 Å². The van der Waals surface area contributed by atoms with Crippen molar-refractivity contribution < 1.29 is 23.1 Å². The predicted octanol–water partition coefficient (Wildman–Crippen LogP) is 2.51. The van der Waals surface area contributed by atoms with Crippen LogP contribution in [0.5, 0.6) is 5.75 Å². The van der Waals surface area contributed by atoms with Crippen LogP contribution in [-0.2, 0) is 21.7 Å². The summed E-state index contributed by atoms with van der Waals surface area (Å²) in [6.45, 7) is 0.473. The zero-order chi connectivity index (χ0) is 23.4. The zero-order valence-corrected chi connectivity index (χ0v) is 19.3. The van der Waals surface area contributed by atoms with Crippen molar-refractivity contribution in [1.29, 1.82) is 0 Å². The molecule has 0 unspecified atom stereocenters. The number of aromatic nitrogens is 2. The van der Waals surface area contributed by atoms with Gasteiger partial charge in [-0.2, -0.15) is 5.10 Å². The van der Waals surface area contributed by atoms with Crippen LogP contribution in [-0.4, -0.2) is 55.7 Å². The maximum absolute atomic E-state index is 13.6. The second-order valence-electron chi connectivity index (χ2n) is 8.71. The Bertz CT molecular complexity index is 1320. The van der Waals surface area contributed by atoms with Crippen molar-refractivity contribution in [2.75, 3.05) is 31.4 Å². The maximum Gasteiger partial charge on any atom is 0.277 e. The molecule has 0 atom stereocenters. The van der Waals surface area contributed by atoms with Crippen LogP contribution >= 0.6 is 0 Å². The summed E-state index contributed by atoms with van der Waals surface area (Å²) in [5, 5.41) is 14.0. The fraction of sp³-hybridized carbons (Fsp3) is 0.333. The quantitative estimate of drug-likeness (QED) is 0.598. The fourth-order valence-electron chi connectivity index (χ4n) is 4.47. The third kappa shape index (κ3) is 3.61. The van der Waals surface area contributed by atoms with Crippen LogP contribution in [0, 0.1) is 0 Å². The number of sulfone groups is 1. The number of rotatable bonds is 6. The molecule has 1 fully saturated rings. The van der Waals surface area contributed by atoms with Gasteiger partial charge in [0, 0.05) is 29.5 Å². The van der Waals surface area contributed by atoms with Gasteiger partial charge in [-0.3, -0.25) is 4.79 Å². The van der Waals surface area contributed by atoms with Gasteiger partial charge >= 0.3 is 0 Å². The van der Waals surface area contributed by atoms with Gasteiger partial charge in [-0.05, 0) is 61.2 Å². The van der Waals surface area contributed by atoms with Crippen LogP contribution in [0.4, 0.5) is 5.69 Å². The molecule has 9 heteroatoms. The highest BCUT2D eigenvalue weighted by molar-refractivity contribution is 7.90. The van der Waals surface area contributed by atoms with Crippen LogP contribution in [0.1, 0.15) is 34.5 Å². The Morgan fingerprint density at radius 1 is 1.06 bits per heavy atom. The first-order chi connectivity index (χ1) is 15.8. The van der Waals surface area contributed by atoms with E-state index in [9.17, 15) is 18.3 Å². The minimum absolute atomic E-state index is 0.0599. The lowest BCUT2D eigenvalue weighted by molar-refractivity contribution is 0.0973. The predicted molar refractivity (Wildman–Crippen MR) is 123 cm³/mol. The highest BCUT2D eigenvalue weighted by Crippen LogP contribution is 2.48. The maximum atomic E-state index is 13.6. The highest BCUT2D eigenvalue weighted by atomic mass is 32.2. The molecular weight excluding hydrogens is 442 g/mol. The molecular formula is C24H25N3O5S. The molecule has 0 saturated heterocycles. The highest BCUT2D eigenvalue weighted by Gasteiger charge is 2.43. The second-order valence-corrected chi connectivity index (χ2v) is 10.6. The van der Waals surface area contributed by atoms with E-state index in [-0.39, 0.29) is 28.6 Å². The van der Waals surface area contributed by atoms with Crippen molar-refractivity contribution in [2.45, 2.75) is 29.7 Å². The standard InChI is InChI=1S/C24H25N3O5S/c1-32-19-9-7-18(8-10-19)27-21-20(22(25-27)33(2,30)31)11-14-26(23(21)29)17-5-3-16(4-6-17)24(15-28)12-13-24/h3-10,28H,11-15H2,1-2H3. The summed E-state index contributed by atoms with van der Waals surface area (Å²) in [6.07, 6.45) is 3.41. The Morgan fingerprint density at radius 3 is 2.24 bits per heavy atom. The summed E-state index contributed by atoms with van der Waals surface area (Å²) in [5.74, 6) is 0.345. The van der Waals surface area contributed by atoms with Gasteiger partial charge in [0.1, 0.15) is 11.4 Å². The lowest BCUT2D eigenvalue weighted by Crippen LogP contribution is -2.39. The van der Waals surface area contributed by atoms with E-state index in [1.165, 1.54) is 4.68 Å². The number of benzene rings is 2. The number of hydrogen-bond acceptors (Lipinski definition) is 6. The Morgan fingerprint density at radius 2 is 1.70 bits per heavy atom. The monoisotopic (exact) mass is 467 g/mol. The number of amides is 1. The molecule has 0 spiro atoms. The van der Waals surface area contributed by atoms with E-state index in [2.05, 4.69) is 5.10 Å². The average Bonchev–Trinajstić information content (AvgIpc) is 3.51. The molecule has 1 aliphatic heterocycles. The van der Waals surface area contributed by atoms with Gasteiger partial charge in [0.25, 0.3) is 5.91 Å². The van der Waals surface area contributed by atoms with E-state index in [1.54, 1.807) is 36.3 Å². The molecule has 0 radical (unpaired) electrons. The minimum atomic E-state index is -3.62. The van der Waals surface area contributed by atoms with Crippen molar-refractivity contribution in [1.82, 2.24) is 9.78 Å². The second kappa shape index (κ2) is 7.71. The number of methoxy groups -OCH3 is 1. The van der Waals surface area contributed by atoms with Crippen molar-refractivity contribution in [3.8, 4) is 11.4 Å². The number of anilines is 1. The van der Waals surface area contributed by atoms with Crippen LogP contribution in [0.25, 0.3) is 5.69 Å². The number of fused-ring (bicyclic) bond motifs is 1. The fourth-order valence-corrected chi connectivity index (χ4v) is 5.34. The molecule has 33 heavy (non-hydrogen) atoms. The van der Waals surface area contributed by atoms with E-state index in [0.717, 1.165) is 30.3 Å². The van der Waals surface area contributed by atoms with E-state index in [1.807, 2.05) is 24.3 Å². The van der Waals surface area contributed by atoms with Gasteiger partial charge in [-0.15, -0.1) is 0 Å². The number of carbonyl (C=O) groups excluding carboxylic acids is 1. The molecule has 0 bridgehead atoms. The van der Waals surface area contributed by atoms with E-state index in [0.29, 0.717) is 30.0 Å². The van der Waals surface area contributed by atoms with Crippen molar-refractivity contribution in [3.05, 3.63) is 65.4 Å². The Kier molecular flexibility index (Phi) is 5.06. The molecule has 2 aromatic carbocycles. The number of nitrogens with zero attached hydrogens (tertiary/aromatic N) is 3. The number of hydrogen-bond donors (Lipinski definition) is 1.